The number of hydrogen-bond acceptors (Lipinski definition) is 4. The van der Waals surface area contributed by atoms with Gasteiger partial charge in [-0.15, -0.1) is 6.58 Å². The average molecular weight is 468 g/mol. The Bertz CT molecular complexity index is 1120. The van der Waals surface area contributed by atoms with Crippen LogP contribution in [-0.4, -0.2) is 52.8 Å². The summed E-state index contributed by atoms with van der Waals surface area (Å²) in [6.45, 7) is 11.7. The zero-order valence-electron chi connectivity index (χ0n) is 20.8. The standard InChI is InChI=1S/C27H37N3O4/c1-7-27(5,12-8-9-17(4)26(33)34)20-10-11-21-22-18(14-28-23(20)22)13-19(15-31)29-25(32)24(16(2)3)30(21)6/h7,9-11,14,16,19,24,28,31H,1,8,12-13,15H2,2-6H3,(H,29,32)(H,33,34). The molecule has 4 N–H and O–H groups in total. The molecule has 1 aliphatic rings. The fourth-order valence-electron chi connectivity index (χ4n) is 5.04. The van der Waals surface area contributed by atoms with Crippen LogP contribution in [0.5, 0.6) is 0 Å². The van der Waals surface area contributed by atoms with Crippen molar-refractivity contribution in [3.05, 3.63) is 53.8 Å². The van der Waals surface area contributed by atoms with E-state index in [2.05, 4.69) is 35.9 Å². The molecule has 34 heavy (non-hydrogen) atoms. The summed E-state index contributed by atoms with van der Waals surface area (Å²) in [5.41, 5.74) is 4.00. The highest BCUT2D eigenvalue weighted by molar-refractivity contribution is 6.00. The van der Waals surface area contributed by atoms with Gasteiger partial charge in [-0.05, 0) is 49.3 Å². The molecule has 0 saturated carbocycles. The van der Waals surface area contributed by atoms with E-state index in [0.29, 0.717) is 24.8 Å². The summed E-state index contributed by atoms with van der Waals surface area (Å²) >= 11 is 0. The summed E-state index contributed by atoms with van der Waals surface area (Å²) in [6, 6.07) is 3.40. The van der Waals surface area contributed by atoms with Crippen LogP contribution in [0.1, 0.15) is 51.7 Å². The Hall–Kier alpha value is -3.06. The number of nitrogens with one attached hydrogen (secondary N) is 2. The van der Waals surface area contributed by atoms with Gasteiger partial charge in [0.1, 0.15) is 6.04 Å². The number of likely N-dealkylation sites (N-methyl/N-ethyl adjacent to an activating group) is 1. The Labute approximate surface area is 201 Å². The van der Waals surface area contributed by atoms with Crippen LogP contribution in [-0.2, 0) is 21.4 Å². The molecule has 3 rings (SSSR count). The van der Waals surface area contributed by atoms with Crippen molar-refractivity contribution in [2.24, 2.45) is 5.92 Å². The summed E-state index contributed by atoms with van der Waals surface area (Å²) in [6.07, 6.45) is 7.47. The molecule has 7 heteroatoms. The van der Waals surface area contributed by atoms with Gasteiger partial charge in [-0.1, -0.05) is 39.0 Å². The summed E-state index contributed by atoms with van der Waals surface area (Å²) in [4.78, 5) is 29.8. The molecule has 2 aromatic rings. The molecule has 0 spiro atoms. The number of aliphatic hydroxyl groups excluding tert-OH is 1. The van der Waals surface area contributed by atoms with E-state index >= 15 is 0 Å². The van der Waals surface area contributed by atoms with Gasteiger partial charge in [0, 0.05) is 35.3 Å². The maximum absolute atomic E-state index is 13.1. The Morgan fingerprint density at radius 1 is 1.38 bits per heavy atom. The third-order valence-corrected chi connectivity index (χ3v) is 7.14. The van der Waals surface area contributed by atoms with Gasteiger partial charge in [0.15, 0.2) is 0 Å². The summed E-state index contributed by atoms with van der Waals surface area (Å²) < 4.78 is 0. The summed E-state index contributed by atoms with van der Waals surface area (Å²) in [7, 11) is 1.95. The smallest absolute Gasteiger partial charge is 0.330 e. The molecule has 0 bridgehead atoms. The molecule has 1 aromatic carbocycles. The average Bonchev–Trinajstić information content (AvgIpc) is 3.21. The van der Waals surface area contributed by atoms with Crippen LogP contribution in [0.4, 0.5) is 5.69 Å². The molecule has 3 unspecified atom stereocenters. The first-order chi connectivity index (χ1) is 16.0. The van der Waals surface area contributed by atoms with E-state index in [0.717, 1.165) is 27.7 Å². The lowest BCUT2D eigenvalue weighted by molar-refractivity contribution is -0.132. The van der Waals surface area contributed by atoms with E-state index in [1.54, 1.807) is 13.0 Å². The number of carbonyl (C=O) groups is 2. The number of carbonyl (C=O) groups excluding carboxylic acids is 1. The number of amides is 1. The van der Waals surface area contributed by atoms with Gasteiger partial charge in [0.2, 0.25) is 5.91 Å². The maximum Gasteiger partial charge on any atom is 0.330 e. The molecule has 2 heterocycles. The van der Waals surface area contributed by atoms with Crippen molar-refractivity contribution in [2.75, 3.05) is 18.6 Å². The van der Waals surface area contributed by atoms with E-state index < -0.39 is 11.4 Å². The van der Waals surface area contributed by atoms with Crippen LogP contribution in [0.3, 0.4) is 0 Å². The van der Waals surface area contributed by atoms with Crippen molar-refractivity contribution in [1.29, 1.82) is 0 Å². The highest BCUT2D eigenvalue weighted by Gasteiger charge is 2.34. The van der Waals surface area contributed by atoms with E-state index in [1.165, 1.54) is 0 Å². The molecule has 0 aliphatic carbocycles. The molecule has 1 aliphatic heterocycles. The third-order valence-electron chi connectivity index (χ3n) is 7.14. The second kappa shape index (κ2) is 10.1. The van der Waals surface area contributed by atoms with Crippen molar-refractivity contribution in [3.8, 4) is 0 Å². The first-order valence-corrected chi connectivity index (χ1v) is 11.8. The van der Waals surface area contributed by atoms with Gasteiger partial charge in [0.25, 0.3) is 0 Å². The van der Waals surface area contributed by atoms with E-state index in [4.69, 9.17) is 5.11 Å². The van der Waals surface area contributed by atoms with Gasteiger partial charge in [0.05, 0.1) is 18.2 Å². The van der Waals surface area contributed by atoms with Gasteiger partial charge >= 0.3 is 5.97 Å². The molecule has 0 fully saturated rings. The Balaban J connectivity index is 2.15. The number of aliphatic hydroxyl groups is 1. The second-order valence-corrected chi connectivity index (χ2v) is 9.94. The number of H-pyrrole nitrogens is 1. The number of aromatic amines is 1. The first-order valence-electron chi connectivity index (χ1n) is 11.8. The maximum atomic E-state index is 13.1. The highest BCUT2D eigenvalue weighted by atomic mass is 16.4. The molecular formula is C27H37N3O4. The number of allylic oxidation sites excluding steroid dienone is 2. The van der Waals surface area contributed by atoms with Crippen LogP contribution < -0.4 is 10.2 Å². The normalized spacial score (nSPS) is 21.0. The van der Waals surface area contributed by atoms with Crippen LogP contribution in [0, 0.1) is 5.92 Å². The topological polar surface area (TPSA) is 106 Å². The van der Waals surface area contributed by atoms with Crippen LogP contribution in [0.25, 0.3) is 10.9 Å². The van der Waals surface area contributed by atoms with Gasteiger partial charge in [-0.25, -0.2) is 4.79 Å². The van der Waals surface area contributed by atoms with Crippen molar-refractivity contribution in [1.82, 2.24) is 10.3 Å². The fourth-order valence-corrected chi connectivity index (χ4v) is 5.04. The summed E-state index contributed by atoms with van der Waals surface area (Å²) in [5, 5.41) is 23.2. The lowest BCUT2D eigenvalue weighted by atomic mass is 9.77. The minimum Gasteiger partial charge on any atom is -0.478 e. The minimum atomic E-state index is -0.907. The van der Waals surface area contributed by atoms with Crippen molar-refractivity contribution < 1.29 is 19.8 Å². The predicted octanol–water partition coefficient (Wildman–Crippen LogP) is 3.92. The number of carboxylic acids is 1. The van der Waals surface area contributed by atoms with E-state index in [9.17, 15) is 14.7 Å². The third kappa shape index (κ3) is 4.75. The zero-order valence-corrected chi connectivity index (χ0v) is 20.8. The van der Waals surface area contributed by atoms with Crippen molar-refractivity contribution >= 4 is 28.5 Å². The molecule has 1 amide bonds. The lowest BCUT2D eigenvalue weighted by Gasteiger charge is -2.33. The fraction of sp³-hybridized carbons (Fsp3) is 0.481. The van der Waals surface area contributed by atoms with Gasteiger partial charge in [-0.2, -0.15) is 0 Å². The van der Waals surface area contributed by atoms with Crippen LogP contribution >= 0.6 is 0 Å². The lowest BCUT2D eigenvalue weighted by Crippen LogP contribution is -2.52. The number of benzene rings is 1. The number of carboxylic acid groups (broad SMARTS) is 1. The van der Waals surface area contributed by atoms with Crippen molar-refractivity contribution in [2.45, 2.75) is 64.5 Å². The van der Waals surface area contributed by atoms with Crippen LogP contribution in [0.2, 0.25) is 0 Å². The van der Waals surface area contributed by atoms with E-state index in [-0.39, 0.29) is 30.5 Å². The molecule has 0 radical (unpaired) electrons. The number of aromatic nitrogens is 1. The Kier molecular flexibility index (Phi) is 7.56. The number of rotatable bonds is 8. The molecule has 0 saturated heterocycles. The largest absolute Gasteiger partial charge is 0.478 e. The minimum absolute atomic E-state index is 0.0715. The summed E-state index contributed by atoms with van der Waals surface area (Å²) in [5.74, 6) is -0.919. The van der Waals surface area contributed by atoms with Gasteiger partial charge < -0.3 is 25.4 Å². The Morgan fingerprint density at radius 2 is 2.09 bits per heavy atom. The van der Waals surface area contributed by atoms with E-state index in [1.807, 2.05) is 38.1 Å². The molecule has 3 atom stereocenters. The second-order valence-electron chi connectivity index (χ2n) is 9.94. The number of hydrogen-bond donors (Lipinski definition) is 4. The highest BCUT2D eigenvalue weighted by Crippen LogP contribution is 2.41. The molecule has 1 aromatic heterocycles. The predicted molar refractivity (Wildman–Crippen MR) is 136 cm³/mol. The first kappa shape index (κ1) is 25.6. The van der Waals surface area contributed by atoms with Crippen molar-refractivity contribution in [3.63, 3.8) is 0 Å². The molecular weight excluding hydrogens is 430 g/mol. The Morgan fingerprint density at radius 3 is 2.68 bits per heavy atom. The number of nitrogens with zero attached hydrogens (tertiary/aromatic N) is 1. The SMILES string of the molecule is C=CC(C)(CCC=C(C)C(=O)O)c1ccc2c3c(c[nH]c13)CC(CO)NC(=O)C(C(C)C)N2C. The van der Waals surface area contributed by atoms with Crippen LogP contribution in [0.15, 0.2) is 42.6 Å². The number of anilines is 1. The quantitative estimate of drug-likeness (QED) is 0.348. The molecule has 7 nitrogen and oxygen atoms in total. The zero-order chi connectivity index (χ0) is 25.2. The number of aliphatic carboxylic acids is 1. The van der Waals surface area contributed by atoms with Gasteiger partial charge in [-0.3, -0.25) is 4.79 Å². The molecule has 184 valence electrons. The monoisotopic (exact) mass is 467 g/mol.